The third-order valence-electron chi connectivity index (χ3n) is 1.44. The lowest BCUT2D eigenvalue weighted by Gasteiger charge is -2.34. The van der Waals surface area contributed by atoms with E-state index >= 15 is 0 Å². The molecule has 6 heavy (non-hydrogen) atoms. The quantitative estimate of drug-likeness (QED) is 0.413. The van der Waals surface area contributed by atoms with Crippen LogP contribution in [0.5, 0.6) is 0 Å². The normalized spacial score (nSPS) is 36.0. The van der Waals surface area contributed by atoms with E-state index in [1.165, 1.54) is 13.0 Å². The molecule has 0 aromatic rings. The van der Waals surface area contributed by atoms with Crippen LogP contribution in [-0.4, -0.2) is 24.5 Å². The SMILES string of the molecule is [CH2]C1CCN1C. The zero-order valence-electron chi connectivity index (χ0n) is 4.15. The van der Waals surface area contributed by atoms with Crippen molar-refractivity contribution in [2.24, 2.45) is 0 Å². The molecule has 1 nitrogen and oxygen atoms in total. The summed E-state index contributed by atoms with van der Waals surface area (Å²) in [5, 5.41) is 0. The predicted octanol–water partition coefficient (Wildman–Crippen LogP) is 0.525. The van der Waals surface area contributed by atoms with Gasteiger partial charge in [-0.25, -0.2) is 0 Å². The van der Waals surface area contributed by atoms with Gasteiger partial charge in [0.25, 0.3) is 0 Å². The van der Waals surface area contributed by atoms with E-state index in [4.69, 9.17) is 0 Å². The molecule has 0 saturated carbocycles. The Morgan fingerprint density at radius 2 is 2.33 bits per heavy atom. The van der Waals surface area contributed by atoms with Crippen molar-refractivity contribution in [2.45, 2.75) is 12.5 Å². The van der Waals surface area contributed by atoms with Crippen molar-refractivity contribution in [3.63, 3.8) is 0 Å². The molecule has 1 aliphatic rings. The third-order valence-corrected chi connectivity index (χ3v) is 1.44. The van der Waals surface area contributed by atoms with E-state index in [9.17, 15) is 0 Å². The van der Waals surface area contributed by atoms with Crippen LogP contribution in [0.25, 0.3) is 0 Å². The van der Waals surface area contributed by atoms with Crippen molar-refractivity contribution >= 4 is 0 Å². The van der Waals surface area contributed by atoms with E-state index in [-0.39, 0.29) is 0 Å². The Morgan fingerprint density at radius 3 is 2.33 bits per heavy atom. The summed E-state index contributed by atoms with van der Waals surface area (Å²) in [5.74, 6) is 0. The lowest BCUT2D eigenvalue weighted by Crippen LogP contribution is -2.42. The molecule has 1 atom stereocenters. The summed E-state index contributed by atoms with van der Waals surface area (Å²) in [4.78, 5) is 2.24. The second-order valence-electron chi connectivity index (χ2n) is 1.92. The summed E-state index contributed by atoms with van der Waals surface area (Å²) in [5.41, 5.74) is 0. The molecule has 1 radical (unpaired) electrons. The van der Waals surface area contributed by atoms with Crippen molar-refractivity contribution in [1.29, 1.82) is 0 Å². The van der Waals surface area contributed by atoms with Gasteiger partial charge >= 0.3 is 0 Å². The van der Waals surface area contributed by atoms with E-state index in [1.54, 1.807) is 0 Å². The van der Waals surface area contributed by atoms with Crippen molar-refractivity contribution in [1.82, 2.24) is 4.90 Å². The maximum absolute atomic E-state index is 3.85. The van der Waals surface area contributed by atoms with Gasteiger partial charge in [-0.2, -0.15) is 0 Å². The Hall–Kier alpha value is -0.0400. The second-order valence-corrected chi connectivity index (χ2v) is 1.92. The van der Waals surface area contributed by atoms with Crippen LogP contribution in [0.15, 0.2) is 0 Å². The molecule has 0 aromatic heterocycles. The van der Waals surface area contributed by atoms with Gasteiger partial charge in [0, 0.05) is 6.04 Å². The van der Waals surface area contributed by atoms with Crippen LogP contribution in [0.3, 0.4) is 0 Å². The number of nitrogens with zero attached hydrogens (tertiary/aromatic N) is 1. The molecule has 1 saturated heterocycles. The minimum Gasteiger partial charge on any atom is -0.303 e. The molecule has 0 amide bonds. The van der Waals surface area contributed by atoms with Gasteiger partial charge in [-0.15, -0.1) is 0 Å². The summed E-state index contributed by atoms with van der Waals surface area (Å²) < 4.78 is 0. The van der Waals surface area contributed by atoms with E-state index in [0.717, 1.165) is 0 Å². The zero-order valence-corrected chi connectivity index (χ0v) is 4.15. The largest absolute Gasteiger partial charge is 0.303 e. The first kappa shape index (κ1) is 4.13. The first-order valence-corrected chi connectivity index (χ1v) is 2.34. The fourth-order valence-electron chi connectivity index (χ4n) is 0.570. The second kappa shape index (κ2) is 1.23. The molecule has 1 unspecified atom stereocenters. The molecule has 0 spiro atoms. The monoisotopic (exact) mass is 84.1 g/mol. The lowest BCUT2D eigenvalue weighted by atomic mass is 10.1. The average molecular weight is 84.1 g/mol. The molecule has 0 bridgehead atoms. The summed E-state index contributed by atoms with van der Waals surface area (Å²) in [6, 6.07) is 0.616. The van der Waals surface area contributed by atoms with Crippen LogP contribution in [0, 0.1) is 6.92 Å². The number of likely N-dealkylation sites (tertiary alicyclic amines) is 1. The number of rotatable bonds is 0. The molecular weight excluding hydrogens is 74.1 g/mol. The highest BCUT2D eigenvalue weighted by molar-refractivity contribution is 4.80. The first-order chi connectivity index (χ1) is 2.80. The molecule has 0 N–H and O–H groups in total. The predicted molar refractivity (Wildman–Crippen MR) is 26.4 cm³/mol. The van der Waals surface area contributed by atoms with E-state index in [1.807, 2.05) is 0 Å². The molecule has 35 valence electrons. The molecule has 1 heteroatoms. The van der Waals surface area contributed by atoms with Gasteiger partial charge in [0.2, 0.25) is 0 Å². The molecule has 0 aliphatic carbocycles. The van der Waals surface area contributed by atoms with Gasteiger partial charge in [0.15, 0.2) is 0 Å². The standard InChI is InChI=1S/C5H10N/c1-5-3-4-6(5)2/h5H,1,3-4H2,2H3. The molecule has 1 aliphatic heterocycles. The molecular formula is C5H10N. The molecule has 0 aromatic carbocycles. The first-order valence-electron chi connectivity index (χ1n) is 2.34. The third kappa shape index (κ3) is 0.432. The Labute approximate surface area is 39.0 Å². The topological polar surface area (TPSA) is 3.24 Å². The van der Waals surface area contributed by atoms with Gasteiger partial charge in [-0.3, -0.25) is 0 Å². The van der Waals surface area contributed by atoms with Crippen molar-refractivity contribution in [3.8, 4) is 0 Å². The minimum absolute atomic E-state index is 0.616. The van der Waals surface area contributed by atoms with Gasteiger partial charge in [0.1, 0.15) is 0 Å². The fourth-order valence-corrected chi connectivity index (χ4v) is 0.570. The Bertz CT molecular complexity index is 43.9. The van der Waals surface area contributed by atoms with Gasteiger partial charge in [0.05, 0.1) is 0 Å². The summed E-state index contributed by atoms with van der Waals surface area (Å²) >= 11 is 0. The summed E-state index contributed by atoms with van der Waals surface area (Å²) in [6.45, 7) is 5.09. The highest BCUT2D eigenvalue weighted by atomic mass is 15.2. The van der Waals surface area contributed by atoms with Crippen LogP contribution in [-0.2, 0) is 0 Å². The molecule has 1 rings (SSSR count). The lowest BCUT2D eigenvalue weighted by molar-refractivity contribution is 0.164. The maximum Gasteiger partial charge on any atom is 0.0105 e. The van der Waals surface area contributed by atoms with Gasteiger partial charge in [-0.05, 0) is 26.9 Å². The van der Waals surface area contributed by atoms with Crippen molar-refractivity contribution in [2.75, 3.05) is 13.6 Å². The van der Waals surface area contributed by atoms with Crippen molar-refractivity contribution in [3.05, 3.63) is 6.92 Å². The minimum atomic E-state index is 0.616. The molecule has 1 heterocycles. The van der Waals surface area contributed by atoms with Crippen molar-refractivity contribution < 1.29 is 0 Å². The zero-order chi connectivity index (χ0) is 4.57. The van der Waals surface area contributed by atoms with E-state index in [0.29, 0.717) is 6.04 Å². The van der Waals surface area contributed by atoms with Crippen LogP contribution < -0.4 is 0 Å². The highest BCUT2D eigenvalue weighted by Gasteiger charge is 2.17. The maximum atomic E-state index is 3.85. The fraction of sp³-hybridized carbons (Fsp3) is 0.800. The molecule has 1 fully saturated rings. The average Bonchev–Trinajstić information content (AvgIpc) is 1.61. The van der Waals surface area contributed by atoms with E-state index in [2.05, 4.69) is 18.9 Å². The van der Waals surface area contributed by atoms with Crippen LogP contribution in [0.2, 0.25) is 0 Å². The van der Waals surface area contributed by atoms with Gasteiger partial charge < -0.3 is 4.90 Å². The summed E-state index contributed by atoms with van der Waals surface area (Å²) in [6.07, 6.45) is 1.29. The smallest absolute Gasteiger partial charge is 0.0105 e. The Kier molecular flexibility index (Phi) is 0.845. The van der Waals surface area contributed by atoms with Gasteiger partial charge in [-0.1, -0.05) is 0 Å². The Balaban J connectivity index is 2.20. The Morgan fingerprint density at radius 1 is 1.83 bits per heavy atom. The van der Waals surface area contributed by atoms with Crippen LogP contribution in [0.1, 0.15) is 6.42 Å². The van der Waals surface area contributed by atoms with E-state index < -0.39 is 0 Å². The van der Waals surface area contributed by atoms with Crippen LogP contribution in [0.4, 0.5) is 0 Å². The number of hydrogen-bond donors (Lipinski definition) is 0. The van der Waals surface area contributed by atoms with Crippen LogP contribution >= 0.6 is 0 Å². The summed E-state index contributed by atoms with van der Waals surface area (Å²) in [7, 11) is 2.10. The number of hydrogen-bond acceptors (Lipinski definition) is 1. The highest BCUT2D eigenvalue weighted by Crippen LogP contribution is 2.10.